The lowest BCUT2D eigenvalue weighted by Gasteiger charge is -2.40. The van der Waals surface area contributed by atoms with Gasteiger partial charge in [-0.05, 0) is 57.8 Å². The van der Waals surface area contributed by atoms with Gasteiger partial charge in [-0.2, -0.15) is 0 Å². The van der Waals surface area contributed by atoms with Crippen molar-refractivity contribution in [3.8, 4) is 0 Å². The number of rotatable bonds is 48. The molecule has 1 aliphatic rings. The maximum absolute atomic E-state index is 13.2. The van der Waals surface area contributed by atoms with Gasteiger partial charge < -0.3 is 50.5 Å². The van der Waals surface area contributed by atoms with Crippen LogP contribution in [0.5, 0.6) is 0 Å². The highest BCUT2D eigenvalue weighted by atomic mass is 16.7. The van der Waals surface area contributed by atoms with E-state index in [1.165, 1.54) is 154 Å². The molecule has 1 heterocycles. The summed E-state index contributed by atoms with van der Waals surface area (Å²) >= 11 is 0. The molecule has 0 saturated carbocycles. The third-order valence-electron chi connectivity index (χ3n) is 13.7. The Kier molecular flexibility index (Phi) is 43.9. The quantitative estimate of drug-likeness (QED) is 0.0215. The lowest BCUT2D eigenvalue weighted by atomic mass is 9.98. The topological polar surface area (TPSA) is 189 Å². The fourth-order valence-electron chi connectivity index (χ4n) is 8.99. The predicted octanol–water partition coefficient (Wildman–Crippen LogP) is 11.5. The Labute approximate surface area is 416 Å². The van der Waals surface area contributed by atoms with Crippen LogP contribution in [-0.4, -0.2) is 110 Å². The molecule has 0 aromatic carbocycles. The molecule has 1 aliphatic heterocycles. The van der Waals surface area contributed by atoms with Crippen molar-refractivity contribution in [3.05, 3.63) is 36.5 Å². The Balaban J connectivity index is 2.29. The minimum absolute atomic E-state index is 0.242. The van der Waals surface area contributed by atoms with E-state index in [2.05, 4.69) is 55.6 Å². The SMILES string of the molecule is CCCC/C=C/CC/C=C/CC/C=C/CCCC(O)C(O)C(COC1OC(CO)C(O)C(O)C1O)NC(=O)C(O)CCCCCCCCCCCCCCCCCCCCCCCCCCCC. The predicted molar refractivity (Wildman–Crippen MR) is 279 cm³/mol. The van der Waals surface area contributed by atoms with Crippen LogP contribution in [0.3, 0.4) is 0 Å². The van der Waals surface area contributed by atoms with Crippen LogP contribution in [0.1, 0.15) is 251 Å². The average Bonchev–Trinajstić information content (AvgIpc) is 3.34. The van der Waals surface area contributed by atoms with E-state index in [0.29, 0.717) is 19.3 Å². The molecule has 9 atom stereocenters. The van der Waals surface area contributed by atoms with Crippen molar-refractivity contribution in [1.82, 2.24) is 5.32 Å². The highest BCUT2D eigenvalue weighted by molar-refractivity contribution is 5.80. The number of ether oxygens (including phenoxy) is 2. The van der Waals surface area contributed by atoms with Gasteiger partial charge in [-0.25, -0.2) is 0 Å². The highest BCUT2D eigenvalue weighted by Gasteiger charge is 2.44. The second-order valence-corrected chi connectivity index (χ2v) is 20.0. The fraction of sp³-hybridized carbons (Fsp3) is 0.877. The molecule has 11 nitrogen and oxygen atoms in total. The number of carbonyl (C=O) groups excluding carboxylic acids is 1. The van der Waals surface area contributed by atoms with Crippen LogP contribution in [0.25, 0.3) is 0 Å². The smallest absolute Gasteiger partial charge is 0.249 e. The summed E-state index contributed by atoms with van der Waals surface area (Å²) in [6.45, 7) is 3.40. The average molecular weight is 966 g/mol. The molecule has 9 unspecified atom stereocenters. The van der Waals surface area contributed by atoms with E-state index in [0.717, 1.165) is 51.4 Å². The molecule has 0 aromatic rings. The van der Waals surface area contributed by atoms with Crippen molar-refractivity contribution in [3.63, 3.8) is 0 Å². The maximum Gasteiger partial charge on any atom is 0.249 e. The summed E-state index contributed by atoms with van der Waals surface area (Å²) in [6, 6.07) is -1.19. The number of hydrogen-bond acceptors (Lipinski definition) is 10. The molecule has 0 spiro atoms. The van der Waals surface area contributed by atoms with E-state index in [1.807, 2.05) is 0 Å². The molecule has 0 bridgehead atoms. The number of carbonyl (C=O) groups is 1. The van der Waals surface area contributed by atoms with Gasteiger partial charge in [-0.1, -0.05) is 230 Å². The molecule has 11 heteroatoms. The van der Waals surface area contributed by atoms with Gasteiger partial charge in [0.25, 0.3) is 0 Å². The molecule has 0 aliphatic carbocycles. The Hall–Kier alpha value is -1.67. The molecule has 68 heavy (non-hydrogen) atoms. The summed E-state index contributed by atoms with van der Waals surface area (Å²) in [4.78, 5) is 13.2. The number of hydrogen-bond donors (Lipinski definition) is 8. The lowest BCUT2D eigenvalue weighted by molar-refractivity contribution is -0.303. The first-order chi connectivity index (χ1) is 33.2. The Morgan fingerprint density at radius 1 is 0.500 bits per heavy atom. The zero-order chi connectivity index (χ0) is 49.7. The zero-order valence-corrected chi connectivity index (χ0v) is 43.6. The van der Waals surface area contributed by atoms with Gasteiger partial charge in [-0.3, -0.25) is 4.79 Å². The molecule has 1 saturated heterocycles. The second-order valence-electron chi connectivity index (χ2n) is 20.0. The molecule has 1 fully saturated rings. The van der Waals surface area contributed by atoms with Crippen molar-refractivity contribution < 1.29 is 50.0 Å². The fourth-order valence-corrected chi connectivity index (χ4v) is 8.99. The van der Waals surface area contributed by atoms with E-state index < -0.39 is 74.2 Å². The maximum atomic E-state index is 13.2. The monoisotopic (exact) mass is 966 g/mol. The van der Waals surface area contributed by atoms with Crippen LogP contribution in [0.15, 0.2) is 36.5 Å². The number of aliphatic hydroxyl groups excluding tert-OH is 7. The van der Waals surface area contributed by atoms with Gasteiger partial charge in [0.15, 0.2) is 6.29 Å². The standard InChI is InChI=1S/C57H107NO10/c1-3-5-7-9-11-13-15-17-19-20-21-22-23-24-25-26-27-28-29-31-33-35-37-39-41-43-45-50(61)56(66)58-48(47-67-57-55(65)54(64)53(63)51(46-59)68-57)52(62)49(60)44-42-40-38-36-34-32-30-18-16-14-12-10-8-6-4-2/h10,12,18,30,36,38,48-55,57,59-65H,3-9,11,13-17,19-29,31-35,37,39-47H2,1-2H3,(H,58,66)/b12-10+,30-18+,38-36+. The first-order valence-electron chi connectivity index (χ1n) is 28.4. The van der Waals surface area contributed by atoms with Gasteiger partial charge in [0.1, 0.15) is 36.6 Å². The lowest BCUT2D eigenvalue weighted by Crippen LogP contribution is -2.60. The summed E-state index contributed by atoms with van der Waals surface area (Å²) in [5, 5.41) is 76.0. The van der Waals surface area contributed by atoms with Crippen LogP contribution in [0.4, 0.5) is 0 Å². The minimum Gasteiger partial charge on any atom is -0.394 e. The number of unbranched alkanes of at least 4 members (excludes halogenated alkanes) is 30. The molecular formula is C57H107NO10. The molecular weight excluding hydrogens is 859 g/mol. The van der Waals surface area contributed by atoms with E-state index in [9.17, 15) is 40.5 Å². The first kappa shape index (κ1) is 64.3. The summed E-state index contributed by atoms with van der Waals surface area (Å²) < 4.78 is 11.1. The third kappa shape index (κ3) is 34.6. The molecule has 0 radical (unpaired) electrons. The summed E-state index contributed by atoms with van der Waals surface area (Å²) in [5.41, 5.74) is 0. The van der Waals surface area contributed by atoms with Crippen molar-refractivity contribution >= 4 is 5.91 Å². The zero-order valence-electron chi connectivity index (χ0n) is 43.6. The third-order valence-corrected chi connectivity index (χ3v) is 13.7. The molecule has 400 valence electrons. The second kappa shape index (κ2) is 46.4. The Morgan fingerprint density at radius 2 is 0.882 bits per heavy atom. The molecule has 0 aromatic heterocycles. The number of aliphatic hydroxyl groups is 7. The minimum atomic E-state index is -1.67. The van der Waals surface area contributed by atoms with Crippen LogP contribution in [0, 0.1) is 0 Å². The van der Waals surface area contributed by atoms with Crippen LogP contribution < -0.4 is 5.32 Å². The van der Waals surface area contributed by atoms with Crippen molar-refractivity contribution in [2.45, 2.75) is 306 Å². The number of amides is 1. The van der Waals surface area contributed by atoms with Crippen LogP contribution in [-0.2, 0) is 14.3 Å². The molecule has 8 N–H and O–H groups in total. The van der Waals surface area contributed by atoms with Gasteiger partial charge in [0.2, 0.25) is 5.91 Å². The Morgan fingerprint density at radius 3 is 1.29 bits per heavy atom. The highest BCUT2D eigenvalue weighted by Crippen LogP contribution is 2.23. The normalized spacial score (nSPS) is 20.8. The Bertz CT molecular complexity index is 1200. The largest absolute Gasteiger partial charge is 0.394 e. The molecule has 1 amide bonds. The van der Waals surface area contributed by atoms with Crippen LogP contribution >= 0.6 is 0 Å². The summed E-state index contributed by atoms with van der Waals surface area (Å²) in [5.74, 6) is -0.710. The van der Waals surface area contributed by atoms with Crippen molar-refractivity contribution in [2.24, 2.45) is 0 Å². The number of nitrogens with one attached hydrogen (secondary N) is 1. The van der Waals surface area contributed by atoms with E-state index in [-0.39, 0.29) is 12.8 Å². The summed E-state index contributed by atoms with van der Waals surface area (Å²) in [7, 11) is 0. The van der Waals surface area contributed by atoms with Crippen molar-refractivity contribution in [1.29, 1.82) is 0 Å². The summed E-state index contributed by atoms with van der Waals surface area (Å²) in [6.07, 6.45) is 44.9. The first-order valence-corrected chi connectivity index (χ1v) is 28.4. The van der Waals surface area contributed by atoms with Crippen LogP contribution in [0.2, 0.25) is 0 Å². The van der Waals surface area contributed by atoms with Gasteiger partial charge in [-0.15, -0.1) is 0 Å². The van der Waals surface area contributed by atoms with E-state index >= 15 is 0 Å². The van der Waals surface area contributed by atoms with Gasteiger partial charge in [0, 0.05) is 0 Å². The van der Waals surface area contributed by atoms with E-state index in [4.69, 9.17) is 9.47 Å². The van der Waals surface area contributed by atoms with Crippen molar-refractivity contribution in [2.75, 3.05) is 13.2 Å². The van der Waals surface area contributed by atoms with E-state index in [1.54, 1.807) is 0 Å². The molecule has 1 rings (SSSR count). The van der Waals surface area contributed by atoms with Gasteiger partial charge >= 0.3 is 0 Å². The number of allylic oxidation sites excluding steroid dienone is 6. The van der Waals surface area contributed by atoms with Gasteiger partial charge in [0.05, 0.1) is 25.4 Å².